The number of amides is 2. The first-order chi connectivity index (χ1) is 20.3. The molecule has 0 aromatic heterocycles. The van der Waals surface area contributed by atoms with Gasteiger partial charge in [0.2, 0.25) is 0 Å². The minimum absolute atomic E-state index is 0.0556. The summed E-state index contributed by atoms with van der Waals surface area (Å²) in [4.78, 5) is 38.3. The number of anilines is 1. The summed E-state index contributed by atoms with van der Waals surface area (Å²) >= 11 is 1.76. The average Bonchev–Trinajstić information content (AvgIpc) is 2.98. The number of carboxylic acid groups (broad SMARTS) is 1. The Hall–Kier alpha value is -4.09. The Bertz CT molecular complexity index is 1310. The topological polar surface area (TPSA) is 131 Å². The number of urea groups is 1. The third-order valence-corrected chi connectivity index (χ3v) is 7.49. The highest BCUT2D eigenvalue weighted by Crippen LogP contribution is 2.23. The molecule has 0 radical (unpaired) electrons. The van der Waals surface area contributed by atoms with E-state index < -0.39 is 17.0 Å². The molecule has 10 nitrogen and oxygen atoms in total. The van der Waals surface area contributed by atoms with Crippen LogP contribution in [0, 0.1) is 17.0 Å². The van der Waals surface area contributed by atoms with Crippen molar-refractivity contribution in [1.29, 1.82) is 0 Å². The van der Waals surface area contributed by atoms with Crippen molar-refractivity contribution in [3.05, 3.63) is 94.0 Å². The highest BCUT2D eigenvalue weighted by Gasteiger charge is 2.19. The van der Waals surface area contributed by atoms with Gasteiger partial charge in [-0.25, -0.2) is 9.59 Å². The van der Waals surface area contributed by atoms with Gasteiger partial charge in [-0.15, -0.1) is 11.8 Å². The number of carbonyl (C=O) groups excluding carboxylic acids is 1. The third kappa shape index (κ3) is 10.7. The Labute approximate surface area is 250 Å². The van der Waals surface area contributed by atoms with Crippen molar-refractivity contribution in [2.75, 3.05) is 37.4 Å². The van der Waals surface area contributed by atoms with Gasteiger partial charge in [-0.05, 0) is 68.3 Å². The standard InChI is InChI=1S/C31H37N3O7S/c1-3-40-29(30(35)36)21-24-12-15-26(16-13-24)41-19-18-33(17-7-8-20-42-27-9-5-4-6-10-27)31(37)32-25-14-11-23(2)28(22-25)34(38)39/h4-6,9-16,22,29H,3,7-8,17-21H2,1-2H3,(H,32,37)(H,35,36). The van der Waals surface area contributed by atoms with Crippen LogP contribution in [0.25, 0.3) is 0 Å². The van der Waals surface area contributed by atoms with Crippen molar-refractivity contribution in [3.63, 3.8) is 0 Å². The van der Waals surface area contributed by atoms with E-state index in [2.05, 4.69) is 17.4 Å². The minimum atomic E-state index is -1.01. The van der Waals surface area contributed by atoms with E-state index in [-0.39, 0.29) is 24.7 Å². The first-order valence-corrected chi connectivity index (χ1v) is 14.8. The average molecular weight is 596 g/mol. The molecule has 0 aliphatic heterocycles. The smallest absolute Gasteiger partial charge is 0.333 e. The van der Waals surface area contributed by atoms with Crippen LogP contribution in [0.2, 0.25) is 0 Å². The van der Waals surface area contributed by atoms with Crippen LogP contribution < -0.4 is 10.1 Å². The number of nitro benzene ring substituents is 1. The third-order valence-electron chi connectivity index (χ3n) is 6.40. The van der Waals surface area contributed by atoms with Gasteiger partial charge in [0.15, 0.2) is 6.10 Å². The molecule has 11 heteroatoms. The maximum Gasteiger partial charge on any atom is 0.333 e. The van der Waals surface area contributed by atoms with Crippen LogP contribution in [-0.4, -0.2) is 65.1 Å². The first-order valence-electron chi connectivity index (χ1n) is 13.8. The second-order valence-electron chi connectivity index (χ2n) is 9.52. The van der Waals surface area contributed by atoms with Crippen LogP contribution in [0.4, 0.5) is 16.2 Å². The fourth-order valence-corrected chi connectivity index (χ4v) is 5.07. The molecule has 0 saturated heterocycles. The van der Waals surface area contributed by atoms with Gasteiger partial charge in [-0.2, -0.15) is 0 Å². The summed E-state index contributed by atoms with van der Waals surface area (Å²) in [6, 6.07) is 21.5. The molecular formula is C31H37N3O7S. The molecule has 0 spiro atoms. The second-order valence-corrected chi connectivity index (χ2v) is 10.7. The lowest BCUT2D eigenvalue weighted by atomic mass is 10.1. The number of ether oxygens (including phenoxy) is 2. The summed E-state index contributed by atoms with van der Waals surface area (Å²) in [7, 11) is 0. The molecule has 0 fully saturated rings. The summed E-state index contributed by atoms with van der Waals surface area (Å²) in [6.45, 7) is 4.75. The lowest BCUT2D eigenvalue weighted by Crippen LogP contribution is -2.38. The molecular weight excluding hydrogens is 558 g/mol. The fourth-order valence-electron chi connectivity index (χ4n) is 4.14. The molecule has 0 heterocycles. The number of hydrogen-bond acceptors (Lipinski definition) is 7. The van der Waals surface area contributed by atoms with Crippen molar-refractivity contribution >= 4 is 35.1 Å². The van der Waals surface area contributed by atoms with E-state index in [1.54, 1.807) is 66.9 Å². The molecule has 42 heavy (non-hydrogen) atoms. The Kier molecular flexibility index (Phi) is 13.1. The van der Waals surface area contributed by atoms with Gasteiger partial charge in [-0.3, -0.25) is 10.1 Å². The predicted octanol–water partition coefficient (Wildman–Crippen LogP) is 6.42. The van der Waals surface area contributed by atoms with Crippen molar-refractivity contribution in [2.24, 2.45) is 0 Å². The van der Waals surface area contributed by atoms with E-state index in [0.29, 0.717) is 36.7 Å². The largest absolute Gasteiger partial charge is 0.492 e. The Balaban J connectivity index is 1.57. The first kappa shape index (κ1) is 32.4. The molecule has 224 valence electrons. The highest BCUT2D eigenvalue weighted by atomic mass is 32.2. The predicted molar refractivity (Wildman–Crippen MR) is 164 cm³/mol. The number of aliphatic carboxylic acids is 1. The van der Waals surface area contributed by atoms with Crippen molar-refractivity contribution in [3.8, 4) is 5.75 Å². The molecule has 1 unspecified atom stereocenters. The number of nitro groups is 1. The summed E-state index contributed by atoms with van der Waals surface area (Å²) in [5.74, 6) is 0.503. The molecule has 3 aromatic carbocycles. The van der Waals surface area contributed by atoms with E-state index in [9.17, 15) is 24.8 Å². The van der Waals surface area contributed by atoms with Crippen LogP contribution in [-0.2, 0) is 16.0 Å². The molecule has 2 N–H and O–H groups in total. The van der Waals surface area contributed by atoms with Gasteiger partial charge in [-0.1, -0.05) is 36.4 Å². The van der Waals surface area contributed by atoms with Gasteiger partial charge in [0.05, 0.1) is 11.5 Å². The summed E-state index contributed by atoms with van der Waals surface area (Å²) in [6.07, 6.45) is 1.02. The van der Waals surface area contributed by atoms with Gasteiger partial charge in [0.1, 0.15) is 12.4 Å². The molecule has 3 rings (SSSR count). The summed E-state index contributed by atoms with van der Waals surface area (Å²) in [5, 5.41) is 23.4. The SMILES string of the molecule is CCOC(Cc1ccc(OCCN(CCCCSc2ccccc2)C(=O)Nc2ccc(C)c([N+](=O)[O-])c2)cc1)C(=O)O. The summed E-state index contributed by atoms with van der Waals surface area (Å²) < 4.78 is 11.2. The van der Waals surface area contributed by atoms with Gasteiger partial charge >= 0.3 is 12.0 Å². The molecule has 0 aliphatic carbocycles. The highest BCUT2D eigenvalue weighted by molar-refractivity contribution is 7.99. The lowest BCUT2D eigenvalue weighted by Gasteiger charge is -2.23. The van der Waals surface area contributed by atoms with Crippen LogP contribution in [0.5, 0.6) is 5.75 Å². The van der Waals surface area contributed by atoms with E-state index in [1.165, 1.54) is 11.0 Å². The van der Waals surface area contributed by atoms with Crippen LogP contribution in [0.1, 0.15) is 30.9 Å². The Morgan fingerprint density at radius 2 is 1.79 bits per heavy atom. The zero-order valence-corrected chi connectivity index (χ0v) is 24.7. The van der Waals surface area contributed by atoms with Gasteiger partial charge < -0.3 is 24.8 Å². The van der Waals surface area contributed by atoms with Crippen LogP contribution in [0.3, 0.4) is 0 Å². The second kappa shape index (κ2) is 17.0. The normalized spacial score (nSPS) is 11.5. The molecule has 0 saturated carbocycles. The number of nitrogens with one attached hydrogen (secondary N) is 1. The maximum atomic E-state index is 13.2. The Morgan fingerprint density at radius 1 is 1.05 bits per heavy atom. The molecule has 0 bridgehead atoms. The minimum Gasteiger partial charge on any atom is -0.492 e. The molecule has 1 atom stereocenters. The number of hydrogen-bond donors (Lipinski definition) is 2. The van der Waals surface area contributed by atoms with E-state index in [0.717, 1.165) is 24.2 Å². The maximum absolute atomic E-state index is 13.2. The quantitative estimate of drug-likeness (QED) is 0.0791. The monoisotopic (exact) mass is 595 g/mol. The lowest BCUT2D eigenvalue weighted by molar-refractivity contribution is -0.385. The van der Waals surface area contributed by atoms with Crippen LogP contribution in [0.15, 0.2) is 77.7 Å². The Morgan fingerprint density at radius 3 is 2.45 bits per heavy atom. The number of nitrogens with zero attached hydrogens (tertiary/aromatic N) is 2. The van der Waals surface area contributed by atoms with Crippen molar-refractivity contribution in [1.82, 2.24) is 4.90 Å². The van der Waals surface area contributed by atoms with Gasteiger partial charge in [0, 0.05) is 41.8 Å². The number of benzene rings is 3. The fraction of sp³-hybridized carbons (Fsp3) is 0.355. The number of unbranched alkanes of at least 4 members (excludes halogenated alkanes) is 1. The molecule has 0 aliphatic rings. The van der Waals surface area contributed by atoms with E-state index in [4.69, 9.17) is 9.47 Å². The zero-order valence-electron chi connectivity index (χ0n) is 23.9. The zero-order chi connectivity index (χ0) is 30.3. The number of aryl methyl sites for hydroxylation is 1. The number of rotatable bonds is 17. The van der Waals surface area contributed by atoms with Crippen molar-refractivity contribution < 1.29 is 29.1 Å². The van der Waals surface area contributed by atoms with Gasteiger partial charge in [0.25, 0.3) is 5.69 Å². The van der Waals surface area contributed by atoms with Crippen molar-refractivity contribution in [2.45, 2.75) is 44.1 Å². The van der Waals surface area contributed by atoms with Crippen LogP contribution >= 0.6 is 11.8 Å². The molecule has 2 amide bonds. The van der Waals surface area contributed by atoms with E-state index >= 15 is 0 Å². The van der Waals surface area contributed by atoms with E-state index in [1.807, 2.05) is 18.2 Å². The number of carbonyl (C=O) groups is 2. The summed E-state index contributed by atoms with van der Waals surface area (Å²) in [5.41, 5.74) is 1.62. The number of thioether (sulfide) groups is 1. The molecule has 3 aromatic rings. The number of carboxylic acids is 1.